The number of rotatable bonds is 0. The minimum absolute atomic E-state index is 0.765. The lowest BCUT2D eigenvalue weighted by Gasteiger charge is -2.03. The largest absolute Gasteiger partial charge is 0.250 e. The fourth-order valence-electron chi connectivity index (χ4n) is 6.39. The van der Waals surface area contributed by atoms with Crippen LogP contribution in [0.4, 0.5) is 0 Å². The van der Waals surface area contributed by atoms with Gasteiger partial charge in [-0.05, 0) is 34.4 Å². The Bertz CT molecular complexity index is 2070. The zero-order valence-electron chi connectivity index (χ0n) is 26.3. The van der Waals surface area contributed by atoms with Crippen molar-refractivity contribution in [2.24, 2.45) is 0 Å². The van der Waals surface area contributed by atoms with Crippen LogP contribution in [0.25, 0.3) is 23.3 Å². The predicted molar refractivity (Wildman–Crippen MR) is 176 cm³/mol. The van der Waals surface area contributed by atoms with Crippen LogP contribution in [0.5, 0.6) is 0 Å². The van der Waals surface area contributed by atoms with Gasteiger partial charge in [-0.1, -0.05) is 48.5 Å². The van der Waals surface area contributed by atoms with Crippen LogP contribution < -0.4 is 18.3 Å². The van der Waals surface area contributed by atoms with E-state index in [1.54, 1.807) is 0 Å². The quantitative estimate of drug-likeness (QED) is 0.242. The number of fused-ring (bicyclic) bond motifs is 20. The van der Waals surface area contributed by atoms with E-state index >= 15 is 0 Å². The molecule has 0 aliphatic carbocycles. The van der Waals surface area contributed by atoms with Crippen molar-refractivity contribution in [3.05, 3.63) is 182 Å². The van der Waals surface area contributed by atoms with Gasteiger partial charge in [0.05, 0.1) is 0 Å². The first-order valence-electron chi connectivity index (χ1n) is 16.1. The third-order valence-corrected chi connectivity index (χ3v) is 8.71. The van der Waals surface area contributed by atoms with E-state index in [1.807, 2.05) is 24.3 Å². The molecule has 48 heavy (non-hydrogen) atoms. The molecule has 7 heterocycles. The Labute approximate surface area is 277 Å². The standard InChI is InChI=1S/C38H34N10/c1-5-31-21-32(6-1)24-42-14-18-46(28-42)36-10-4-12-38(40-36)48-20-16-44(30-48)26-34-8-2-7-33(22-34)25-43-15-19-47(29-43)37-11-3-9-35(39-37)45-17-13-41(23-31)27-45/h1-22,27-30H,23-26H2/q+4. The Balaban J connectivity index is 1.08. The Morgan fingerprint density at radius 1 is 0.375 bits per heavy atom. The van der Waals surface area contributed by atoms with Crippen LogP contribution in [0.3, 0.4) is 0 Å². The summed E-state index contributed by atoms with van der Waals surface area (Å²) in [7, 11) is 0. The van der Waals surface area contributed by atoms with E-state index in [2.05, 4.69) is 172 Å². The van der Waals surface area contributed by atoms with Crippen LogP contribution >= 0.6 is 0 Å². The summed E-state index contributed by atoms with van der Waals surface area (Å²) >= 11 is 0. The fourth-order valence-corrected chi connectivity index (χ4v) is 6.39. The summed E-state index contributed by atoms with van der Waals surface area (Å²) in [6, 6.07) is 29.8. The summed E-state index contributed by atoms with van der Waals surface area (Å²) in [5.41, 5.74) is 4.97. The zero-order chi connectivity index (χ0) is 31.9. The van der Waals surface area contributed by atoms with Crippen molar-refractivity contribution in [3.63, 3.8) is 0 Å². The molecule has 2 aromatic carbocycles. The first-order valence-corrected chi connectivity index (χ1v) is 16.1. The van der Waals surface area contributed by atoms with Crippen LogP contribution in [0.1, 0.15) is 22.3 Å². The summed E-state index contributed by atoms with van der Waals surface area (Å²) in [5, 5.41) is 0. The molecule has 0 saturated heterocycles. The summed E-state index contributed by atoms with van der Waals surface area (Å²) in [6.45, 7) is 3.06. The minimum atomic E-state index is 0.765. The number of pyridine rings is 2. The van der Waals surface area contributed by atoms with Crippen LogP contribution in [0.15, 0.2) is 160 Å². The van der Waals surface area contributed by atoms with Gasteiger partial charge < -0.3 is 0 Å². The van der Waals surface area contributed by atoms with Crippen LogP contribution in [0.2, 0.25) is 0 Å². The van der Waals surface area contributed by atoms with Crippen molar-refractivity contribution < 1.29 is 18.3 Å². The molecule has 0 amide bonds. The molecule has 0 radical (unpaired) electrons. The number of nitrogens with zero attached hydrogens (tertiary/aromatic N) is 10. The van der Waals surface area contributed by atoms with Crippen molar-refractivity contribution in [3.8, 4) is 23.3 Å². The van der Waals surface area contributed by atoms with Gasteiger partial charge in [0.15, 0.2) is 0 Å². The molecule has 8 aromatic rings. The van der Waals surface area contributed by atoms with Crippen LogP contribution in [0, 0.1) is 0 Å². The van der Waals surface area contributed by atoms with Crippen LogP contribution in [-0.2, 0) is 26.2 Å². The Morgan fingerprint density at radius 2 is 0.646 bits per heavy atom. The van der Waals surface area contributed by atoms with Crippen LogP contribution in [-0.4, -0.2) is 28.2 Å². The van der Waals surface area contributed by atoms with Gasteiger partial charge in [-0.15, -0.1) is 0 Å². The molecule has 6 aromatic heterocycles. The third kappa shape index (κ3) is 5.71. The van der Waals surface area contributed by atoms with Gasteiger partial charge in [0.2, 0.25) is 23.3 Å². The molecule has 9 rings (SSSR count). The SMILES string of the molecule is c1cc2cc(c1)C[n+]1ccn(c1)-c1cccc(n1)-n1cc[n+](c1)Cc1cccc(c1)C[n+]1ccn(c1)-c1cccc(n1)-n1cc[n+](c1)C2. The lowest BCUT2D eigenvalue weighted by atomic mass is 10.1. The van der Waals surface area contributed by atoms with Gasteiger partial charge >= 0.3 is 0 Å². The monoisotopic (exact) mass is 630 g/mol. The summed E-state index contributed by atoms with van der Waals surface area (Å²) in [5.74, 6) is 3.48. The average molecular weight is 631 g/mol. The second-order valence-corrected chi connectivity index (χ2v) is 12.3. The van der Waals surface area contributed by atoms with E-state index in [-0.39, 0.29) is 0 Å². The summed E-state index contributed by atoms with van der Waals surface area (Å²) < 4.78 is 17.0. The Morgan fingerprint density at radius 3 is 0.938 bits per heavy atom. The maximum Gasteiger partial charge on any atom is 0.250 e. The molecule has 10 heteroatoms. The van der Waals surface area contributed by atoms with Gasteiger partial charge in [-0.25, -0.2) is 18.3 Å². The van der Waals surface area contributed by atoms with E-state index in [9.17, 15) is 0 Å². The minimum Gasteiger partial charge on any atom is -0.232 e. The van der Waals surface area contributed by atoms with Crippen molar-refractivity contribution in [2.75, 3.05) is 0 Å². The van der Waals surface area contributed by atoms with E-state index in [4.69, 9.17) is 9.97 Å². The Hall–Kier alpha value is -6.42. The van der Waals surface area contributed by atoms with E-state index in [0.717, 1.165) is 49.5 Å². The zero-order valence-corrected chi connectivity index (χ0v) is 26.3. The summed E-state index contributed by atoms with van der Waals surface area (Å²) in [4.78, 5) is 9.97. The molecule has 0 unspecified atom stereocenters. The van der Waals surface area contributed by atoms with Crippen molar-refractivity contribution in [1.82, 2.24) is 28.2 Å². The molecule has 0 spiro atoms. The van der Waals surface area contributed by atoms with E-state index < -0.39 is 0 Å². The van der Waals surface area contributed by atoms with E-state index in [0.29, 0.717) is 0 Å². The number of imidazole rings is 4. The average Bonchev–Trinajstić information content (AvgIpc) is 3.94. The number of hydrogen-bond acceptors (Lipinski definition) is 2. The molecule has 0 saturated carbocycles. The third-order valence-electron chi connectivity index (χ3n) is 8.71. The first-order chi connectivity index (χ1) is 23.7. The number of hydrogen-bond donors (Lipinski definition) is 0. The second kappa shape index (κ2) is 11.7. The summed E-state index contributed by atoms with van der Waals surface area (Å²) in [6.07, 6.45) is 25.0. The molecular weight excluding hydrogens is 596 g/mol. The lowest BCUT2D eigenvalue weighted by molar-refractivity contribution is -0.688. The molecule has 16 bridgehead atoms. The van der Waals surface area contributed by atoms with Crippen molar-refractivity contribution in [1.29, 1.82) is 0 Å². The lowest BCUT2D eigenvalue weighted by Crippen LogP contribution is -2.33. The smallest absolute Gasteiger partial charge is 0.232 e. The molecule has 10 nitrogen and oxygen atoms in total. The highest BCUT2D eigenvalue weighted by Crippen LogP contribution is 2.13. The molecule has 0 fully saturated rings. The number of aromatic nitrogens is 10. The van der Waals surface area contributed by atoms with Gasteiger partial charge in [0.25, 0.3) is 25.3 Å². The van der Waals surface area contributed by atoms with Gasteiger partial charge in [0, 0.05) is 24.3 Å². The molecular formula is C38H34N10+4. The number of benzene rings is 2. The maximum atomic E-state index is 4.99. The molecule has 1 aliphatic heterocycles. The topological polar surface area (TPSA) is 61.0 Å². The fraction of sp³-hybridized carbons (Fsp3) is 0.105. The molecule has 1 aliphatic rings. The second-order valence-electron chi connectivity index (χ2n) is 12.3. The van der Waals surface area contributed by atoms with Gasteiger partial charge in [-0.3, -0.25) is 0 Å². The van der Waals surface area contributed by atoms with Gasteiger partial charge in [0.1, 0.15) is 75.8 Å². The normalized spacial score (nSPS) is 12.7. The van der Waals surface area contributed by atoms with Crippen molar-refractivity contribution in [2.45, 2.75) is 26.2 Å². The van der Waals surface area contributed by atoms with E-state index in [1.165, 1.54) is 22.3 Å². The molecule has 0 N–H and O–H groups in total. The molecule has 232 valence electrons. The molecule has 0 atom stereocenters. The highest BCUT2D eigenvalue weighted by atomic mass is 15.2. The first kappa shape index (κ1) is 27.9. The highest BCUT2D eigenvalue weighted by Gasteiger charge is 2.16. The van der Waals surface area contributed by atoms with Crippen molar-refractivity contribution >= 4 is 0 Å². The predicted octanol–water partition coefficient (Wildman–Crippen LogP) is 3.30. The maximum absolute atomic E-state index is 4.99. The highest BCUT2D eigenvalue weighted by molar-refractivity contribution is 5.33. The van der Waals surface area contributed by atoms with Gasteiger partial charge in [-0.2, -0.15) is 28.2 Å². The Kier molecular flexibility index (Phi) is 6.81.